The first-order valence-electron chi connectivity index (χ1n) is 7.17. The van der Waals surface area contributed by atoms with Gasteiger partial charge in [0.1, 0.15) is 5.75 Å². The number of halogens is 1. The third-order valence-corrected chi connectivity index (χ3v) is 3.58. The molecule has 21 heavy (non-hydrogen) atoms. The molecular weight excluding hydrogens is 284 g/mol. The Morgan fingerprint density at radius 1 is 1.14 bits per heavy atom. The Balaban J connectivity index is 0.00000161. The summed E-state index contributed by atoms with van der Waals surface area (Å²) >= 11 is 0. The normalized spacial score (nSPS) is 17.3. The van der Waals surface area contributed by atoms with Crippen LogP contribution in [0.3, 0.4) is 0 Å². The Labute approximate surface area is 132 Å². The summed E-state index contributed by atoms with van der Waals surface area (Å²) in [5.74, 6) is 1.52. The van der Waals surface area contributed by atoms with E-state index < -0.39 is 0 Å². The minimum atomic E-state index is 0. The van der Waals surface area contributed by atoms with Gasteiger partial charge in [-0.1, -0.05) is 12.1 Å². The van der Waals surface area contributed by atoms with Crippen molar-refractivity contribution in [2.45, 2.75) is 32.7 Å². The van der Waals surface area contributed by atoms with Crippen molar-refractivity contribution in [1.29, 1.82) is 0 Å². The Bertz CT molecular complexity index is 589. The minimum Gasteiger partial charge on any atom is -0.439 e. The van der Waals surface area contributed by atoms with Gasteiger partial charge in [0.25, 0.3) is 0 Å². The first-order chi connectivity index (χ1) is 9.70. The van der Waals surface area contributed by atoms with Crippen LogP contribution in [0.2, 0.25) is 0 Å². The van der Waals surface area contributed by atoms with Crippen molar-refractivity contribution in [3.05, 3.63) is 53.2 Å². The van der Waals surface area contributed by atoms with Gasteiger partial charge < -0.3 is 10.1 Å². The van der Waals surface area contributed by atoms with Crippen LogP contribution in [0.25, 0.3) is 0 Å². The van der Waals surface area contributed by atoms with E-state index in [4.69, 9.17) is 4.74 Å². The zero-order chi connectivity index (χ0) is 13.9. The molecule has 1 N–H and O–H groups in total. The van der Waals surface area contributed by atoms with Gasteiger partial charge in [0.15, 0.2) is 0 Å². The summed E-state index contributed by atoms with van der Waals surface area (Å²) in [6, 6.07) is 12.6. The molecule has 1 saturated heterocycles. The van der Waals surface area contributed by atoms with Crippen LogP contribution in [0.4, 0.5) is 0 Å². The Morgan fingerprint density at radius 2 is 1.90 bits per heavy atom. The third kappa shape index (κ3) is 3.96. The van der Waals surface area contributed by atoms with Gasteiger partial charge in [0.05, 0.1) is 5.69 Å². The molecule has 1 aromatic heterocycles. The van der Waals surface area contributed by atoms with Gasteiger partial charge in [0.2, 0.25) is 5.88 Å². The number of nitrogens with zero attached hydrogens (tertiary/aromatic N) is 1. The molecule has 2 heterocycles. The molecule has 4 heteroatoms. The van der Waals surface area contributed by atoms with Crippen molar-refractivity contribution in [1.82, 2.24) is 10.3 Å². The summed E-state index contributed by atoms with van der Waals surface area (Å²) in [6.07, 6.45) is 2.37. The number of hydrogen-bond donors (Lipinski definition) is 1. The van der Waals surface area contributed by atoms with Crippen molar-refractivity contribution < 1.29 is 4.74 Å². The predicted molar refractivity (Wildman–Crippen MR) is 87.5 cm³/mol. The van der Waals surface area contributed by atoms with E-state index in [2.05, 4.69) is 36.3 Å². The average Bonchev–Trinajstić information content (AvgIpc) is 2.91. The van der Waals surface area contributed by atoms with Gasteiger partial charge in [-0.05, 0) is 62.6 Å². The first kappa shape index (κ1) is 15.8. The van der Waals surface area contributed by atoms with Crippen molar-refractivity contribution in [3.63, 3.8) is 0 Å². The van der Waals surface area contributed by atoms with Crippen LogP contribution >= 0.6 is 12.4 Å². The molecule has 1 aliphatic heterocycles. The van der Waals surface area contributed by atoms with Crippen molar-refractivity contribution in [2.24, 2.45) is 0 Å². The van der Waals surface area contributed by atoms with Gasteiger partial charge in [-0.3, -0.25) is 0 Å². The van der Waals surface area contributed by atoms with Gasteiger partial charge in [-0.2, -0.15) is 0 Å². The largest absolute Gasteiger partial charge is 0.439 e. The molecule has 1 aliphatic rings. The molecule has 0 saturated carbocycles. The second-order valence-corrected chi connectivity index (χ2v) is 5.48. The van der Waals surface area contributed by atoms with Crippen LogP contribution in [-0.2, 0) is 0 Å². The predicted octanol–water partition coefficient (Wildman–Crippen LogP) is 4.34. The topological polar surface area (TPSA) is 34.1 Å². The Kier molecular flexibility index (Phi) is 5.21. The molecule has 1 unspecified atom stereocenters. The molecule has 1 aromatic carbocycles. The lowest BCUT2D eigenvalue weighted by atomic mass is 10.1. The number of aromatic nitrogens is 1. The number of hydrogen-bond acceptors (Lipinski definition) is 3. The number of benzene rings is 1. The number of rotatable bonds is 3. The van der Waals surface area contributed by atoms with Gasteiger partial charge in [-0.25, -0.2) is 4.98 Å². The summed E-state index contributed by atoms with van der Waals surface area (Å²) in [7, 11) is 0. The lowest BCUT2D eigenvalue weighted by Gasteiger charge is -2.12. The summed E-state index contributed by atoms with van der Waals surface area (Å²) in [4.78, 5) is 4.62. The molecule has 112 valence electrons. The maximum Gasteiger partial charge on any atom is 0.219 e. The SMILES string of the molecule is Cc1cc(C)cc(Oc2cccc(C3CCCN3)n2)c1.Cl. The number of aryl methyl sites for hydroxylation is 2. The molecular formula is C17H21ClN2O. The molecule has 0 aliphatic carbocycles. The number of ether oxygens (including phenoxy) is 1. The van der Waals surface area contributed by atoms with Gasteiger partial charge in [0, 0.05) is 12.1 Å². The van der Waals surface area contributed by atoms with Crippen LogP contribution in [0, 0.1) is 13.8 Å². The zero-order valence-corrected chi connectivity index (χ0v) is 13.2. The molecule has 1 atom stereocenters. The van der Waals surface area contributed by atoms with Gasteiger partial charge >= 0.3 is 0 Å². The summed E-state index contributed by atoms with van der Waals surface area (Å²) in [5.41, 5.74) is 3.48. The highest BCUT2D eigenvalue weighted by Crippen LogP contribution is 2.26. The maximum absolute atomic E-state index is 5.90. The molecule has 1 fully saturated rings. The Hall–Kier alpha value is -1.58. The van der Waals surface area contributed by atoms with E-state index in [-0.39, 0.29) is 12.4 Å². The molecule has 3 rings (SSSR count). The van der Waals surface area contributed by atoms with E-state index in [9.17, 15) is 0 Å². The van der Waals surface area contributed by atoms with Crippen LogP contribution in [0.15, 0.2) is 36.4 Å². The maximum atomic E-state index is 5.90. The summed E-state index contributed by atoms with van der Waals surface area (Å²) < 4.78 is 5.90. The second kappa shape index (κ2) is 6.92. The Morgan fingerprint density at radius 3 is 2.57 bits per heavy atom. The van der Waals surface area contributed by atoms with Crippen LogP contribution in [0.5, 0.6) is 11.6 Å². The number of nitrogens with one attached hydrogen (secondary N) is 1. The summed E-state index contributed by atoms with van der Waals surface area (Å²) in [6.45, 7) is 5.23. The van der Waals surface area contributed by atoms with Crippen molar-refractivity contribution in [3.8, 4) is 11.6 Å². The fraction of sp³-hybridized carbons (Fsp3) is 0.353. The molecule has 2 aromatic rings. The highest BCUT2D eigenvalue weighted by molar-refractivity contribution is 5.85. The van der Waals surface area contributed by atoms with E-state index in [1.807, 2.05) is 24.3 Å². The van der Waals surface area contributed by atoms with E-state index in [1.54, 1.807) is 0 Å². The van der Waals surface area contributed by atoms with Crippen molar-refractivity contribution >= 4 is 12.4 Å². The fourth-order valence-electron chi connectivity index (χ4n) is 2.73. The second-order valence-electron chi connectivity index (χ2n) is 5.48. The first-order valence-corrected chi connectivity index (χ1v) is 7.17. The molecule has 0 radical (unpaired) electrons. The highest BCUT2D eigenvalue weighted by atomic mass is 35.5. The average molecular weight is 305 g/mol. The molecule has 0 bridgehead atoms. The number of pyridine rings is 1. The third-order valence-electron chi connectivity index (χ3n) is 3.58. The monoisotopic (exact) mass is 304 g/mol. The molecule has 0 spiro atoms. The van der Waals surface area contributed by atoms with Crippen LogP contribution in [-0.4, -0.2) is 11.5 Å². The van der Waals surface area contributed by atoms with E-state index >= 15 is 0 Å². The van der Waals surface area contributed by atoms with Crippen molar-refractivity contribution in [2.75, 3.05) is 6.54 Å². The van der Waals surface area contributed by atoms with E-state index in [0.717, 1.165) is 24.4 Å². The zero-order valence-electron chi connectivity index (χ0n) is 12.4. The lowest BCUT2D eigenvalue weighted by molar-refractivity contribution is 0.456. The standard InChI is InChI=1S/C17H20N2O.ClH/c1-12-9-13(2)11-14(10-12)20-17-7-3-5-16(19-17)15-6-4-8-18-15;/h3,5,7,9-11,15,18H,4,6,8H2,1-2H3;1H. The van der Waals surface area contributed by atoms with E-state index in [1.165, 1.54) is 17.5 Å². The summed E-state index contributed by atoms with van der Waals surface area (Å²) in [5, 5.41) is 3.46. The fourth-order valence-corrected chi connectivity index (χ4v) is 2.73. The van der Waals surface area contributed by atoms with Crippen LogP contribution < -0.4 is 10.1 Å². The lowest BCUT2D eigenvalue weighted by Crippen LogP contribution is -2.14. The quantitative estimate of drug-likeness (QED) is 0.916. The smallest absolute Gasteiger partial charge is 0.219 e. The van der Waals surface area contributed by atoms with E-state index in [0.29, 0.717) is 11.9 Å². The molecule has 0 amide bonds. The molecule has 3 nitrogen and oxygen atoms in total. The van der Waals surface area contributed by atoms with Gasteiger partial charge in [-0.15, -0.1) is 12.4 Å². The minimum absolute atomic E-state index is 0. The van der Waals surface area contributed by atoms with Crippen LogP contribution in [0.1, 0.15) is 35.7 Å². The highest BCUT2D eigenvalue weighted by Gasteiger charge is 2.17.